The Labute approximate surface area is 121 Å². The van der Waals surface area contributed by atoms with E-state index in [1.807, 2.05) is 0 Å². The molecule has 0 aromatic heterocycles. The average molecular weight is 292 g/mol. The Balaban J connectivity index is 2.04. The van der Waals surface area contributed by atoms with E-state index in [-0.39, 0.29) is 17.5 Å². The van der Waals surface area contributed by atoms with Crippen LogP contribution in [0.4, 0.5) is 5.69 Å². The molecule has 1 amide bonds. The first kappa shape index (κ1) is 15.0. The molecule has 1 saturated heterocycles. The number of nitro groups is 1. The van der Waals surface area contributed by atoms with Crippen molar-refractivity contribution in [2.24, 2.45) is 11.8 Å². The summed E-state index contributed by atoms with van der Waals surface area (Å²) in [6.45, 7) is 4.02. The standard InChI is InChI=1S/C14H16N2O5/c1-8-5-10(3-4-12(8)16(20)21)13(17)15-6-11(7-15)9(2)14(18)19/h3-5,9,11H,6-7H2,1-2H3,(H,18,19). The zero-order chi connectivity index (χ0) is 15.7. The Morgan fingerprint density at radius 3 is 2.52 bits per heavy atom. The van der Waals surface area contributed by atoms with E-state index in [0.717, 1.165) is 0 Å². The van der Waals surface area contributed by atoms with Gasteiger partial charge in [0.05, 0.1) is 10.8 Å². The molecule has 0 aliphatic carbocycles. The van der Waals surface area contributed by atoms with Gasteiger partial charge in [0.15, 0.2) is 0 Å². The number of carbonyl (C=O) groups is 2. The summed E-state index contributed by atoms with van der Waals surface area (Å²) in [6, 6.07) is 4.25. The van der Waals surface area contributed by atoms with Gasteiger partial charge in [0.2, 0.25) is 0 Å². The molecule has 1 aromatic rings. The fourth-order valence-corrected chi connectivity index (χ4v) is 2.37. The predicted octanol–water partition coefficient (Wildman–Crippen LogP) is 1.70. The lowest BCUT2D eigenvalue weighted by Gasteiger charge is -2.41. The Kier molecular flexibility index (Phi) is 3.93. The van der Waals surface area contributed by atoms with E-state index in [2.05, 4.69) is 0 Å². The van der Waals surface area contributed by atoms with E-state index in [9.17, 15) is 19.7 Å². The van der Waals surface area contributed by atoms with Crippen LogP contribution in [-0.2, 0) is 4.79 Å². The predicted molar refractivity (Wildman–Crippen MR) is 74.0 cm³/mol. The van der Waals surface area contributed by atoms with Gasteiger partial charge in [-0.2, -0.15) is 0 Å². The van der Waals surface area contributed by atoms with Crippen molar-refractivity contribution < 1.29 is 19.6 Å². The third-order valence-corrected chi connectivity index (χ3v) is 3.93. The molecule has 1 fully saturated rings. The average Bonchev–Trinajstić information content (AvgIpc) is 2.35. The van der Waals surface area contributed by atoms with Crippen LogP contribution in [0.25, 0.3) is 0 Å². The number of nitro benzene ring substituents is 1. The smallest absolute Gasteiger partial charge is 0.306 e. The minimum Gasteiger partial charge on any atom is -0.481 e. The third-order valence-electron chi connectivity index (χ3n) is 3.93. The van der Waals surface area contributed by atoms with Crippen LogP contribution < -0.4 is 0 Å². The van der Waals surface area contributed by atoms with E-state index in [4.69, 9.17) is 5.11 Å². The summed E-state index contributed by atoms with van der Waals surface area (Å²) in [7, 11) is 0. The molecule has 0 spiro atoms. The maximum absolute atomic E-state index is 12.2. The molecule has 1 aliphatic heterocycles. The van der Waals surface area contributed by atoms with Gasteiger partial charge >= 0.3 is 5.97 Å². The SMILES string of the molecule is Cc1cc(C(=O)N2CC(C(C)C(=O)O)C2)ccc1[N+](=O)[O-]. The second kappa shape index (κ2) is 5.51. The van der Waals surface area contributed by atoms with Crippen LogP contribution in [0.1, 0.15) is 22.8 Å². The van der Waals surface area contributed by atoms with Crippen molar-refractivity contribution in [3.63, 3.8) is 0 Å². The van der Waals surface area contributed by atoms with E-state index < -0.39 is 16.8 Å². The number of amides is 1. The molecule has 112 valence electrons. The number of carbonyl (C=O) groups excluding carboxylic acids is 1. The summed E-state index contributed by atoms with van der Waals surface area (Å²) in [5.41, 5.74) is 0.800. The van der Waals surface area contributed by atoms with Gasteiger partial charge in [0.1, 0.15) is 0 Å². The second-order valence-corrected chi connectivity index (χ2v) is 5.36. The van der Waals surface area contributed by atoms with Crippen LogP contribution in [0.2, 0.25) is 0 Å². The van der Waals surface area contributed by atoms with Crippen LogP contribution in [0.5, 0.6) is 0 Å². The van der Waals surface area contributed by atoms with Crippen LogP contribution in [0.3, 0.4) is 0 Å². The summed E-state index contributed by atoms with van der Waals surface area (Å²) in [5.74, 6) is -1.60. The summed E-state index contributed by atoms with van der Waals surface area (Å²) in [6.07, 6.45) is 0. The second-order valence-electron chi connectivity index (χ2n) is 5.36. The minimum atomic E-state index is -0.863. The fraction of sp³-hybridized carbons (Fsp3) is 0.429. The van der Waals surface area contributed by atoms with Gasteiger partial charge in [-0.25, -0.2) is 0 Å². The zero-order valence-electron chi connectivity index (χ0n) is 11.8. The van der Waals surface area contributed by atoms with Crippen LogP contribution in [-0.4, -0.2) is 39.9 Å². The Bertz CT molecular complexity index is 607. The highest BCUT2D eigenvalue weighted by Gasteiger charge is 2.37. The van der Waals surface area contributed by atoms with Crippen molar-refractivity contribution in [1.29, 1.82) is 0 Å². The molecule has 1 aliphatic rings. The Morgan fingerprint density at radius 1 is 1.43 bits per heavy atom. The summed E-state index contributed by atoms with van der Waals surface area (Å²) in [4.78, 5) is 34.9. The van der Waals surface area contributed by atoms with Gasteiger partial charge in [-0.3, -0.25) is 19.7 Å². The number of aliphatic carboxylic acids is 1. The first-order valence-corrected chi connectivity index (χ1v) is 6.58. The molecule has 1 unspecified atom stereocenters. The molecule has 1 heterocycles. The number of aryl methyl sites for hydroxylation is 1. The topological polar surface area (TPSA) is 101 Å². The summed E-state index contributed by atoms with van der Waals surface area (Å²) in [5, 5.41) is 19.7. The normalized spacial score (nSPS) is 16.2. The van der Waals surface area contributed by atoms with Crippen LogP contribution >= 0.6 is 0 Å². The largest absolute Gasteiger partial charge is 0.481 e. The molecule has 1 atom stereocenters. The van der Waals surface area contributed by atoms with Crippen LogP contribution in [0.15, 0.2) is 18.2 Å². The van der Waals surface area contributed by atoms with Gasteiger partial charge in [0.25, 0.3) is 11.6 Å². The molecule has 0 saturated carbocycles. The van der Waals surface area contributed by atoms with Gasteiger partial charge in [-0.05, 0) is 19.1 Å². The summed E-state index contributed by atoms with van der Waals surface area (Å²) < 4.78 is 0. The first-order valence-electron chi connectivity index (χ1n) is 6.58. The number of carboxylic acids is 1. The molecule has 0 radical (unpaired) electrons. The lowest BCUT2D eigenvalue weighted by molar-refractivity contribution is -0.385. The molecule has 1 N–H and O–H groups in total. The van der Waals surface area contributed by atoms with E-state index in [1.54, 1.807) is 18.7 Å². The molecule has 1 aromatic carbocycles. The number of hydrogen-bond donors (Lipinski definition) is 1. The lowest BCUT2D eigenvalue weighted by Crippen LogP contribution is -2.53. The van der Waals surface area contributed by atoms with Gasteiger partial charge in [-0.1, -0.05) is 6.92 Å². The maximum Gasteiger partial charge on any atom is 0.306 e. The Morgan fingerprint density at radius 2 is 2.05 bits per heavy atom. The minimum absolute atomic E-state index is 0.0208. The van der Waals surface area contributed by atoms with Crippen molar-refractivity contribution in [2.45, 2.75) is 13.8 Å². The quantitative estimate of drug-likeness (QED) is 0.672. The highest BCUT2D eigenvalue weighted by Crippen LogP contribution is 2.27. The van der Waals surface area contributed by atoms with E-state index >= 15 is 0 Å². The van der Waals surface area contributed by atoms with Crippen molar-refractivity contribution in [1.82, 2.24) is 4.90 Å². The number of nitrogens with zero attached hydrogens (tertiary/aromatic N) is 2. The summed E-state index contributed by atoms with van der Waals surface area (Å²) >= 11 is 0. The molecule has 0 bridgehead atoms. The molecule has 21 heavy (non-hydrogen) atoms. The zero-order valence-corrected chi connectivity index (χ0v) is 11.8. The van der Waals surface area contributed by atoms with E-state index in [1.165, 1.54) is 18.2 Å². The van der Waals surface area contributed by atoms with Crippen molar-refractivity contribution in [3.05, 3.63) is 39.4 Å². The van der Waals surface area contributed by atoms with Crippen molar-refractivity contribution >= 4 is 17.6 Å². The molecule has 7 heteroatoms. The lowest BCUT2D eigenvalue weighted by atomic mass is 9.86. The number of carboxylic acid groups (broad SMARTS) is 1. The Hall–Kier alpha value is -2.44. The van der Waals surface area contributed by atoms with Gasteiger partial charge in [0, 0.05) is 36.2 Å². The highest BCUT2D eigenvalue weighted by molar-refractivity contribution is 5.95. The van der Waals surface area contributed by atoms with Crippen molar-refractivity contribution in [2.75, 3.05) is 13.1 Å². The van der Waals surface area contributed by atoms with E-state index in [0.29, 0.717) is 24.2 Å². The monoisotopic (exact) mass is 292 g/mol. The highest BCUT2D eigenvalue weighted by atomic mass is 16.6. The van der Waals surface area contributed by atoms with Crippen molar-refractivity contribution in [3.8, 4) is 0 Å². The number of rotatable bonds is 4. The molecular weight excluding hydrogens is 276 g/mol. The van der Waals surface area contributed by atoms with Crippen LogP contribution in [0, 0.1) is 28.9 Å². The maximum atomic E-state index is 12.2. The van der Waals surface area contributed by atoms with Gasteiger partial charge in [-0.15, -0.1) is 0 Å². The fourth-order valence-electron chi connectivity index (χ4n) is 2.37. The molecule has 2 rings (SSSR count). The molecule has 7 nitrogen and oxygen atoms in total. The third kappa shape index (κ3) is 2.86. The number of likely N-dealkylation sites (tertiary alicyclic amines) is 1. The molecular formula is C14H16N2O5. The number of hydrogen-bond acceptors (Lipinski definition) is 4. The van der Waals surface area contributed by atoms with Gasteiger partial charge < -0.3 is 10.0 Å². The number of benzene rings is 1. The first-order chi connectivity index (χ1) is 9.81.